The van der Waals surface area contributed by atoms with E-state index in [1.165, 1.54) is 4.90 Å². The second-order valence-electron chi connectivity index (χ2n) is 5.53. The van der Waals surface area contributed by atoms with E-state index < -0.39 is 5.60 Å². The first-order chi connectivity index (χ1) is 7.99. The Morgan fingerprint density at radius 1 is 1.12 bits per heavy atom. The molecule has 0 bridgehead atoms. The van der Waals surface area contributed by atoms with Crippen molar-refractivity contribution in [1.82, 2.24) is 0 Å². The molecule has 0 aliphatic heterocycles. The lowest BCUT2D eigenvalue weighted by molar-refractivity contribution is 0.0839. The smallest absolute Gasteiger partial charge is 0.0921 e. The summed E-state index contributed by atoms with van der Waals surface area (Å²) in [6, 6.07) is 10.3. The Balaban J connectivity index is 1.96. The summed E-state index contributed by atoms with van der Waals surface area (Å²) in [6.07, 6.45) is 6.06. The highest BCUT2D eigenvalue weighted by Crippen LogP contribution is 2.37. The van der Waals surface area contributed by atoms with E-state index in [1.54, 1.807) is 11.8 Å². The van der Waals surface area contributed by atoms with E-state index in [0.717, 1.165) is 18.6 Å². The fourth-order valence-electron chi connectivity index (χ4n) is 1.93. The van der Waals surface area contributed by atoms with E-state index >= 15 is 0 Å². The van der Waals surface area contributed by atoms with Gasteiger partial charge in [-0.15, -0.1) is 11.8 Å². The predicted molar refractivity (Wildman–Crippen MR) is 74.3 cm³/mol. The lowest BCUT2D eigenvalue weighted by atomic mass is 9.77. The number of hydrogen-bond acceptors (Lipinski definition) is 2. The first-order valence-electron chi connectivity index (χ1n) is 6.10. The zero-order chi connectivity index (χ0) is 12.4. The summed E-state index contributed by atoms with van der Waals surface area (Å²) in [4.78, 5) is 1.22. The molecule has 1 unspecified atom stereocenters. The molecule has 0 radical (unpaired) electrons. The van der Waals surface area contributed by atoms with Crippen LogP contribution in [-0.2, 0) is 0 Å². The van der Waals surface area contributed by atoms with Crippen molar-refractivity contribution < 1.29 is 5.11 Å². The van der Waals surface area contributed by atoms with Gasteiger partial charge in [0.15, 0.2) is 0 Å². The number of thioether (sulfide) groups is 1. The Morgan fingerprint density at radius 2 is 1.82 bits per heavy atom. The number of aliphatic hydroxyl groups is 1. The first-order valence-corrected chi connectivity index (χ1v) is 7.08. The third-order valence-corrected chi connectivity index (χ3v) is 4.53. The van der Waals surface area contributed by atoms with Crippen molar-refractivity contribution in [3.8, 4) is 0 Å². The van der Waals surface area contributed by atoms with Crippen LogP contribution in [0.2, 0.25) is 0 Å². The Morgan fingerprint density at radius 3 is 2.41 bits per heavy atom. The van der Waals surface area contributed by atoms with Crippen LogP contribution >= 0.6 is 11.8 Å². The standard InChI is InChI=1S/C15H20OS/c1-14(2)8-10-15(16,11-9-14)12-17-13-6-4-3-5-7-13/h3-8,10,16H,9,11-12H2,1-2H3. The van der Waals surface area contributed by atoms with Gasteiger partial charge in [-0.3, -0.25) is 0 Å². The van der Waals surface area contributed by atoms with Crippen LogP contribution in [0.4, 0.5) is 0 Å². The number of allylic oxidation sites excluding steroid dienone is 1. The summed E-state index contributed by atoms with van der Waals surface area (Å²) < 4.78 is 0. The maximum Gasteiger partial charge on any atom is 0.0921 e. The van der Waals surface area contributed by atoms with Crippen molar-refractivity contribution in [2.75, 3.05) is 5.75 Å². The summed E-state index contributed by atoms with van der Waals surface area (Å²) >= 11 is 1.72. The van der Waals surface area contributed by atoms with Crippen molar-refractivity contribution in [3.05, 3.63) is 42.5 Å². The van der Waals surface area contributed by atoms with E-state index in [-0.39, 0.29) is 5.41 Å². The molecule has 0 aromatic heterocycles. The van der Waals surface area contributed by atoms with Gasteiger partial charge in [-0.05, 0) is 30.4 Å². The van der Waals surface area contributed by atoms with Crippen molar-refractivity contribution in [2.45, 2.75) is 37.2 Å². The molecule has 1 nitrogen and oxygen atoms in total. The zero-order valence-electron chi connectivity index (χ0n) is 10.5. The van der Waals surface area contributed by atoms with Gasteiger partial charge in [-0.1, -0.05) is 44.2 Å². The highest BCUT2D eigenvalue weighted by atomic mass is 32.2. The first kappa shape index (κ1) is 12.7. The topological polar surface area (TPSA) is 20.2 Å². The van der Waals surface area contributed by atoms with E-state index in [9.17, 15) is 5.11 Å². The minimum atomic E-state index is -0.629. The second kappa shape index (κ2) is 4.87. The van der Waals surface area contributed by atoms with E-state index in [2.05, 4.69) is 32.1 Å². The number of hydrogen-bond donors (Lipinski definition) is 1. The summed E-state index contributed by atoms with van der Waals surface area (Å²) in [5.41, 5.74) is -0.389. The molecule has 1 atom stereocenters. The van der Waals surface area contributed by atoms with Gasteiger partial charge in [0.05, 0.1) is 5.60 Å². The molecule has 0 amide bonds. The highest BCUT2D eigenvalue weighted by Gasteiger charge is 2.31. The lowest BCUT2D eigenvalue weighted by Gasteiger charge is -2.34. The fraction of sp³-hybridized carbons (Fsp3) is 0.467. The maximum atomic E-state index is 10.5. The molecule has 2 heteroatoms. The van der Waals surface area contributed by atoms with Crippen LogP contribution in [0.1, 0.15) is 26.7 Å². The molecule has 0 heterocycles. The molecule has 1 aliphatic carbocycles. The Bertz CT molecular complexity index is 397. The second-order valence-corrected chi connectivity index (χ2v) is 6.58. The van der Waals surface area contributed by atoms with Crippen LogP contribution in [0.25, 0.3) is 0 Å². The van der Waals surface area contributed by atoms with Crippen molar-refractivity contribution in [1.29, 1.82) is 0 Å². The van der Waals surface area contributed by atoms with Gasteiger partial charge >= 0.3 is 0 Å². The Hall–Kier alpha value is -0.730. The molecule has 0 saturated heterocycles. The molecular formula is C15H20OS. The van der Waals surface area contributed by atoms with Gasteiger partial charge in [0.25, 0.3) is 0 Å². The zero-order valence-corrected chi connectivity index (χ0v) is 11.3. The molecule has 1 aromatic carbocycles. The molecule has 0 spiro atoms. The van der Waals surface area contributed by atoms with Crippen LogP contribution < -0.4 is 0 Å². The van der Waals surface area contributed by atoms with Gasteiger partial charge < -0.3 is 5.11 Å². The predicted octanol–water partition coefficient (Wildman–Crippen LogP) is 3.89. The number of benzene rings is 1. The molecular weight excluding hydrogens is 228 g/mol. The minimum Gasteiger partial charge on any atom is -0.385 e. The molecule has 1 aliphatic rings. The third-order valence-electron chi connectivity index (χ3n) is 3.28. The summed E-state index contributed by atoms with van der Waals surface area (Å²) in [5.74, 6) is 0.740. The Labute approximate surface area is 108 Å². The number of rotatable bonds is 3. The largest absolute Gasteiger partial charge is 0.385 e. The van der Waals surface area contributed by atoms with Crippen LogP contribution in [0.3, 0.4) is 0 Å². The van der Waals surface area contributed by atoms with Gasteiger partial charge in [-0.2, -0.15) is 0 Å². The molecule has 17 heavy (non-hydrogen) atoms. The summed E-state index contributed by atoms with van der Waals surface area (Å²) in [5, 5.41) is 10.5. The normalized spacial score (nSPS) is 27.0. The summed E-state index contributed by atoms with van der Waals surface area (Å²) in [7, 11) is 0. The molecule has 2 rings (SSSR count). The van der Waals surface area contributed by atoms with Crippen molar-refractivity contribution in [3.63, 3.8) is 0 Å². The molecule has 1 N–H and O–H groups in total. The minimum absolute atomic E-state index is 0.240. The van der Waals surface area contributed by atoms with Gasteiger partial charge in [0, 0.05) is 10.6 Å². The average molecular weight is 248 g/mol. The Kier molecular flexibility index (Phi) is 3.64. The molecule has 92 valence electrons. The van der Waals surface area contributed by atoms with Crippen LogP contribution in [-0.4, -0.2) is 16.5 Å². The van der Waals surface area contributed by atoms with Gasteiger partial charge in [0.1, 0.15) is 0 Å². The average Bonchev–Trinajstić information content (AvgIpc) is 2.33. The third kappa shape index (κ3) is 3.62. The fourth-order valence-corrected chi connectivity index (χ4v) is 2.94. The van der Waals surface area contributed by atoms with Crippen LogP contribution in [0.5, 0.6) is 0 Å². The van der Waals surface area contributed by atoms with Crippen LogP contribution in [0.15, 0.2) is 47.4 Å². The monoisotopic (exact) mass is 248 g/mol. The van der Waals surface area contributed by atoms with Crippen LogP contribution in [0, 0.1) is 5.41 Å². The molecule has 1 aromatic rings. The van der Waals surface area contributed by atoms with Crippen molar-refractivity contribution in [2.24, 2.45) is 5.41 Å². The molecule has 0 fully saturated rings. The maximum absolute atomic E-state index is 10.5. The molecule has 0 saturated carbocycles. The summed E-state index contributed by atoms with van der Waals surface area (Å²) in [6.45, 7) is 4.43. The van der Waals surface area contributed by atoms with E-state index in [0.29, 0.717) is 0 Å². The SMILES string of the molecule is CC1(C)C=CC(O)(CSc2ccccc2)CC1. The van der Waals surface area contributed by atoms with Crippen molar-refractivity contribution >= 4 is 11.8 Å². The van der Waals surface area contributed by atoms with E-state index in [4.69, 9.17) is 0 Å². The highest BCUT2D eigenvalue weighted by molar-refractivity contribution is 7.99. The van der Waals surface area contributed by atoms with E-state index in [1.807, 2.05) is 24.3 Å². The van der Waals surface area contributed by atoms with Gasteiger partial charge in [0.2, 0.25) is 0 Å². The quantitative estimate of drug-likeness (QED) is 0.647. The lowest BCUT2D eigenvalue weighted by Crippen LogP contribution is -2.34. The van der Waals surface area contributed by atoms with Gasteiger partial charge in [-0.25, -0.2) is 0 Å².